The number of carbonyl (C=O) groups excluding carboxylic acids is 3. The molecule has 2 fully saturated rings. The van der Waals surface area contributed by atoms with Crippen LogP contribution in [-0.2, 0) is 4.79 Å². The lowest BCUT2D eigenvalue weighted by Crippen LogP contribution is -2.46. The Bertz CT molecular complexity index is 1750. The minimum atomic E-state index is -0.814. The molecule has 1 saturated carbocycles. The van der Waals surface area contributed by atoms with Crippen LogP contribution < -0.4 is 10.2 Å². The lowest BCUT2D eigenvalue weighted by Gasteiger charge is -2.21. The summed E-state index contributed by atoms with van der Waals surface area (Å²) >= 11 is 15.3. The SMILES string of the molecule is CC(C)NC(=O)N1C(=O)/C(=C\c2cc3sc(N=Nc4ccc(C5CCCCC5)cc4)cc3s2)N(c2cc(Cl)cc(Cl)c2)C1=O. The van der Waals surface area contributed by atoms with Crippen LogP contribution in [0.2, 0.25) is 10.0 Å². The fourth-order valence-corrected chi connectivity index (χ4v) is 8.16. The van der Waals surface area contributed by atoms with Crippen molar-refractivity contribution in [2.24, 2.45) is 10.2 Å². The first-order valence-electron chi connectivity index (χ1n) is 14.4. The zero-order valence-corrected chi connectivity index (χ0v) is 27.2. The van der Waals surface area contributed by atoms with E-state index >= 15 is 0 Å². The number of rotatable bonds is 6. The molecule has 1 N–H and O–H groups in total. The summed E-state index contributed by atoms with van der Waals surface area (Å²) in [6.45, 7) is 3.49. The van der Waals surface area contributed by atoms with Crippen LogP contribution in [0.3, 0.4) is 0 Å². The number of imide groups is 3. The number of benzene rings is 2. The van der Waals surface area contributed by atoms with Gasteiger partial charge in [-0.2, -0.15) is 4.90 Å². The van der Waals surface area contributed by atoms with E-state index in [2.05, 4.69) is 27.7 Å². The normalized spacial score (nSPS) is 17.2. The molecule has 12 heteroatoms. The Balaban J connectivity index is 1.25. The summed E-state index contributed by atoms with van der Waals surface area (Å²) in [4.78, 5) is 42.2. The summed E-state index contributed by atoms with van der Waals surface area (Å²) in [5.41, 5.74) is 2.48. The van der Waals surface area contributed by atoms with Crippen LogP contribution in [0.1, 0.15) is 62.3 Å². The van der Waals surface area contributed by atoms with Crippen molar-refractivity contribution in [1.82, 2.24) is 10.2 Å². The van der Waals surface area contributed by atoms with E-state index in [4.69, 9.17) is 23.2 Å². The first-order valence-corrected chi connectivity index (χ1v) is 16.8. The summed E-state index contributed by atoms with van der Waals surface area (Å²) in [6.07, 6.45) is 8.06. The predicted octanol–water partition coefficient (Wildman–Crippen LogP) is 10.7. The number of urea groups is 2. The number of anilines is 1. The Hall–Kier alpha value is -3.57. The molecule has 44 heavy (non-hydrogen) atoms. The lowest BCUT2D eigenvalue weighted by atomic mass is 9.84. The molecule has 3 heterocycles. The van der Waals surface area contributed by atoms with E-state index in [1.807, 2.05) is 24.3 Å². The topological polar surface area (TPSA) is 94.4 Å². The molecule has 1 aliphatic heterocycles. The van der Waals surface area contributed by atoms with Crippen molar-refractivity contribution in [3.05, 3.63) is 80.8 Å². The maximum atomic E-state index is 13.5. The number of thiophene rings is 2. The summed E-state index contributed by atoms with van der Waals surface area (Å²) in [5, 5.41) is 12.8. The number of hydrogen-bond donors (Lipinski definition) is 1. The third-order valence-electron chi connectivity index (χ3n) is 7.49. The Labute approximate surface area is 273 Å². The monoisotopic (exact) mass is 665 g/mol. The zero-order valence-electron chi connectivity index (χ0n) is 24.0. The smallest absolute Gasteiger partial charge is 0.335 e. The molecule has 2 aromatic carbocycles. The number of azo groups is 1. The summed E-state index contributed by atoms with van der Waals surface area (Å²) in [5.74, 6) is -0.0960. The molecule has 0 atom stereocenters. The highest BCUT2D eigenvalue weighted by Crippen LogP contribution is 2.41. The summed E-state index contributed by atoms with van der Waals surface area (Å²) in [7, 11) is 0. The number of carbonyl (C=O) groups is 3. The highest BCUT2D eigenvalue weighted by atomic mass is 35.5. The third kappa shape index (κ3) is 6.44. The maximum absolute atomic E-state index is 13.5. The van der Waals surface area contributed by atoms with Crippen molar-refractivity contribution in [2.45, 2.75) is 57.9 Å². The minimum absolute atomic E-state index is 0.0118. The van der Waals surface area contributed by atoms with Crippen molar-refractivity contribution in [2.75, 3.05) is 4.90 Å². The molecule has 1 aliphatic carbocycles. The van der Waals surface area contributed by atoms with Gasteiger partial charge in [-0.3, -0.25) is 9.69 Å². The Kier molecular flexibility index (Phi) is 8.87. The Morgan fingerprint density at radius 1 is 0.932 bits per heavy atom. The molecule has 8 nitrogen and oxygen atoms in total. The third-order valence-corrected chi connectivity index (χ3v) is 10.1. The predicted molar refractivity (Wildman–Crippen MR) is 179 cm³/mol. The second-order valence-electron chi connectivity index (χ2n) is 11.1. The van der Waals surface area contributed by atoms with Gasteiger partial charge in [0.1, 0.15) is 10.7 Å². The largest absolute Gasteiger partial charge is 0.344 e. The van der Waals surface area contributed by atoms with Crippen LogP contribution in [0.4, 0.5) is 26.0 Å². The van der Waals surface area contributed by atoms with E-state index in [-0.39, 0.29) is 27.5 Å². The van der Waals surface area contributed by atoms with Crippen molar-refractivity contribution in [1.29, 1.82) is 0 Å². The average Bonchev–Trinajstić information content (AvgIpc) is 3.61. The summed E-state index contributed by atoms with van der Waals surface area (Å²) in [6, 6.07) is 14.9. The van der Waals surface area contributed by atoms with Crippen LogP contribution in [-0.4, -0.2) is 28.9 Å². The molecule has 0 unspecified atom stereocenters. The van der Waals surface area contributed by atoms with E-state index in [0.29, 0.717) is 10.8 Å². The van der Waals surface area contributed by atoms with Crippen molar-refractivity contribution in [3.63, 3.8) is 0 Å². The fraction of sp³-hybridized carbons (Fsp3) is 0.281. The van der Waals surface area contributed by atoms with E-state index < -0.39 is 18.0 Å². The van der Waals surface area contributed by atoms with Crippen molar-refractivity contribution >= 4 is 95.7 Å². The quantitative estimate of drug-likeness (QED) is 0.126. The molecular weight excluding hydrogens is 637 g/mol. The molecule has 2 aromatic heterocycles. The first kappa shape index (κ1) is 30.5. The molecule has 0 radical (unpaired) electrons. The minimum Gasteiger partial charge on any atom is -0.335 e. The van der Waals surface area contributed by atoms with Gasteiger partial charge in [0.05, 0.1) is 11.4 Å². The lowest BCUT2D eigenvalue weighted by molar-refractivity contribution is -0.120. The van der Waals surface area contributed by atoms with E-state index in [0.717, 1.165) is 29.9 Å². The molecule has 226 valence electrons. The molecule has 4 aromatic rings. The van der Waals surface area contributed by atoms with Crippen LogP contribution in [0.5, 0.6) is 0 Å². The second kappa shape index (κ2) is 12.8. The standard InChI is InChI=1S/C32H29Cl2N5O3S2/c1-18(2)35-31(41)39-30(40)26(38(32(39)42)24-13-21(33)12-22(34)14-24)15-25-16-27-28(43-25)17-29(44-27)37-36-23-10-8-20(9-11-23)19-6-4-3-5-7-19/h8-19H,3-7H2,1-2H3,(H,35,41)/b26-15+,37-36?. The number of nitrogens with one attached hydrogen (secondary N) is 1. The molecule has 6 rings (SSSR count). The van der Waals surface area contributed by atoms with Gasteiger partial charge in [0.25, 0.3) is 5.91 Å². The van der Waals surface area contributed by atoms with Gasteiger partial charge in [-0.1, -0.05) is 54.6 Å². The molecule has 0 spiro atoms. The van der Waals surface area contributed by atoms with Gasteiger partial charge >= 0.3 is 12.1 Å². The Morgan fingerprint density at radius 2 is 1.61 bits per heavy atom. The summed E-state index contributed by atoms with van der Waals surface area (Å²) < 4.78 is 1.93. The number of amides is 5. The fourth-order valence-electron chi connectivity index (χ4n) is 5.49. The van der Waals surface area contributed by atoms with E-state index in [1.54, 1.807) is 19.9 Å². The first-order chi connectivity index (χ1) is 21.2. The zero-order chi connectivity index (χ0) is 31.0. The number of nitrogens with zero attached hydrogens (tertiary/aromatic N) is 4. The van der Waals surface area contributed by atoms with E-state index in [9.17, 15) is 14.4 Å². The van der Waals surface area contributed by atoms with Crippen molar-refractivity contribution < 1.29 is 14.4 Å². The number of halogens is 2. The Morgan fingerprint density at radius 3 is 2.27 bits per heavy atom. The van der Waals surface area contributed by atoms with Gasteiger partial charge < -0.3 is 5.32 Å². The van der Waals surface area contributed by atoms with Gasteiger partial charge in [0.2, 0.25) is 0 Å². The number of fused-ring (bicyclic) bond motifs is 1. The van der Waals surface area contributed by atoms with Crippen LogP contribution >= 0.6 is 45.9 Å². The van der Waals surface area contributed by atoms with Crippen LogP contribution in [0, 0.1) is 0 Å². The molecular formula is C32H29Cl2N5O3S2. The molecule has 1 saturated heterocycles. The number of hydrogen-bond acceptors (Lipinski definition) is 7. The van der Waals surface area contributed by atoms with Crippen LogP contribution in [0.25, 0.3) is 15.5 Å². The van der Waals surface area contributed by atoms with Gasteiger partial charge in [0, 0.05) is 30.4 Å². The molecule has 5 amide bonds. The van der Waals surface area contributed by atoms with Gasteiger partial charge in [-0.15, -0.1) is 32.9 Å². The highest BCUT2D eigenvalue weighted by Gasteiger charge is 2.46. The second-order valence-corrected chi connectivity index (χ2v) is 14.2. The van der Waals surface area contributed by atoms with Crippen molar-refractivity contribution in [3.8, 4) is 0 Å². The maximum Gasteiger partial charge on any atom is 0.344 e. The van der Waals surface area contributed by atoms with E-state index in [1.165, 1.54) is 78.5 Å². The van der Waals surface area contributed by atoms with Crippen LogP contribution in [0.15, 0.2) is 70.5 Å². The highest BCUT2D eigenvalue weighted by molar-refractivity contribution is 7.30. The molecule has 2 aliphatic rings. The van der Waals surface area contributed by atoms with Gasteiger partial charge in [0.15, 0.2) is 0 Å². The average molecular weight is 667 g/mol. The van der Waals surface area contributed by atoms with Gasteiger partial charge in [-0.05, 0) is 86.7 Å². The molecule has 0 bridgehead atoms. The van der Waals surface area contributed by atoms with Gasteiger partial charge in [-0.25, -0.2) is 9.59 Å².